The number of hydrogen-bond acceptors (Lipinski definition) is 2. The zero-order chi connectivity index (χ0) is 19.1. The van der Waals surface area contributed by atoms with E-state index in [0.717, 1.165) is 17.2 Å². The summed E-state index contributed by atoms with van der Waals surface area (Å²) in [7, 11) is 0. The highest BCUT2D eigenvalue weighted by atomic mass is 35.5. The maximum absolute atomic E-state index is 13.2. The van der Waals surface area contributed by atoms with Crippen LogP contribution in [-0.4, -0.2) is 23.4 Å². The van der Waals surface area contributed by atoms with Gasteiger partial charge in [0.15, 0.2) is 0 Å². The molecule has 1 aliphatic heterocycles. The Hall–Kier alpha value is -2.47. The van der Waals surface area contributed by atoms with Crippen molar-refractivity contribution in [2.45, 2.75) is 25.6 Å². The van der Waals surface area contributed by atoms with Gasteiger partial charge in [0.25, 0.3) is 0 Å². The summed E-state index contributed by atoms with van der Waals surface area (Å²) in [5.74, 6) is -1.72. The Morgan fingerprint density at radius 1 is 1.23 bits per heavy atom. The van der Waals surface area contributed by atoms with Crippen molar-refractivity contribution in [2.24, 2.45) is 0 Å². The summed E-state index contributed by atoms with van der Waals surface area (Å²) in [6, 6.07) is 10.5. The molecular weight excluding hydrogens is 369 g/mol. The largest absolute Gasteiger partial charge is 0.478 e. The summed E-state index contributed by atoms with van der Waals surface area (Å²) in [5.41, 5.74) is 1.98. The van der Waals surface area contributed by atoms with Gasteiger partial charge in [-0.05, 0) is 42.7 Å². The summed E-state index contributed by atoms with van der Waals surface area (Å²) in [5, 5.41) is 9.39. The predicted molar refractivity (Wildman–Crippen MR) is 91.5 cm³/mol. The third-order valence-electron chi connectivity index (χ3n) is 4.08. The normalized spacial score (nSPS) is 16.5. The van der Waals surface area contributed by atoms with E-state index in [1.54, 1.807) is 0 Å². The molecule has 136 valence electrons. The quantitative estimate of drug-likeness (QED) is 0.809. The van der Waals surface area contributed by atoms with E-state index in [0.29, 0.717) is 17.0 Å². The topological polar surface area (TPSA) is 46.5 Å². The zero-order valence-corrected chi connectivity index (χ0v) is 14.4. The molecule has 3 rings (SSSR count). The van der Waals surface area contributed by atoms with Crippen LogP contribution in [0, 0.1) is 6.92 Å². The van der Waals surface area contributed by atoms with Crippen LogP contribution in [-0.2, 0) is 11.2 Å². The molecule has 0 saturated carbocycles. The molecule has 0 bridgehead atoms. The molecule has 1 heterocycles. The smallest absolute Gasteiger partial charge is 0.430 e. The van der Waals surface area contributed by atoms with Crippen LogP contribution in [0.15, 0.2) is 42.0 Å². The number of aryl methyl sites for hydroxylation is 1. The minimum absolute atomic E-state index is 0.0381. The van der Waals surface area contributed by atoms with Gasteiger partial charge in [0.1, 0.15) is 5.75 Å². The van der Waals surface area contributed by atoms with E-state index < -0.39 is 23.8 Å². The monoisotopic (exact) mass is 382 g/mol. The van der Waals surface area contributed by atoms with Gasteiger partial charge in [-0.1, -0.05) is 41.4 Å². The average molecular weight is 383 g/mol. The number of carbonyl (C=O) groups is 1. The van der Waals surface area contributed by atoms with Gasteiger partial charge in [0, 0.05) is 10.6 Å². The van der Waals surface area contributed by atoms with E-state index >= 15 is 0 Å². The van der Waals surface area contributed by atoms with Crippen LogP contribution in [0.2, 0.25) is 5.02 Å². The van der Waals surface area contributed by atoms with Gasteiger partial charge in [-0.15, -0.1) is 0 Å². The van der Waals surface area contributed by atoms with Crippen LogP contribution >= 0.6 is 11.6 Å². The Labute approximate surface area is 152 Å². The zero-order valence-electron chi connectivity index (χ0n) is 13.6. The van der Waals surface area contributed by atoms with E-state index in [-0.39, 0.29) is 11.3 Å². The maximum atomic E-state index is 13.2. The van der Waals surface area contributed by atoms with Crippen LogP contribution in [0.4, 0.5) is 13.2 Å². The number of rotatable bonds is 3. The molecule has 0 spiro atoms. The van der Waals surface area contributed by atoms with Gasteiger partial charge in [0.05, 0.1) is 5.57 Å². The van der Waals surface area contributed by atoms with Gasteiger partial charge in [0.2, 0.25) is 6.10 Å². The van der Waals surface area contributed by atoms with Crippen molar-refractivity contribution >= 4 is 23.6 Å². The fraction of sp³-hybridized carbons (Fsp3) is 0.211. The SMILES string of the molecule is Cc1ccc(Cc2cc3c(cc2Cl)C=C(C(=O)O)C(C(F)(F)F)O3)cc1. The number of aliphatic carboxylic acids is 1. The van der Waals surface area contributed by atoms with Gasteiger partial charge in [-0.3, -0.25) is 0 Å². The third kappa shape index (κ3) is 3.70. The number of halogens is 4. The first-order chi connectivity index (χ1) is 12.1. The lowest BCUT2D eigenvalue weighted by molar-refractivity contribution is -0.187. The van der Waals surface area contributed by atoms with Gasteiger partial charge < -0.3 is 9.84 Å². The molecule has 7 heteroatoms. The number of ether oxygens (including phenoxy) is 1. The summed E-state index contributed by atoms with van der Waals surface area (Å²) >= 11 is 6.24. The van der Waals surface area contributed by atoms with Crippen LogP contribution in [0.5, 0.6) is 5.75 Å². The highest BCUT2D eigenvalue weighted by molar-refractivity contribution is 6.31. The highest BCUT2D eigenvalue weighted by Gasteiger charge is 2.48. The van der Waals surface area contributed by atoms with Gasteiger partial charge in [-0.2, -0.15) is 13.2 Å². The number of benzene rings is 2. The second kappa shape index (κ2) is 6.68. The number of hydrogen-bond donors (Lipinski definition) is 1. The molecule has 26 heavy (non-hydrogen) atoms. The van der Waals surface area contributed by atoms with Crippen LogP contribution in [0.3, 0.4) is 0 Å². The minimum Gasteiger partial charge on any atom is -0.478 e. The predicted octanol–water partition coefficient (Wildman–Crippen LogP) is 5.03. The molecule has 0 aliphatic carbocycles. The molecule has 0 amide bonds. The average Bonchev–Trinajstić information content (AvgIpc) is 2.55. The Balaban J connectivity index is 2.00. The fourth-order valence-electron chi connectivity index (χ4n) is 2.74. The second-order valence-electron chi connectivity index (χ2n) is 6.09. The molecule has 1 N–H and O–H groups in total. The van der Waals surface area contributed by atoms with E-state index in [4.69, 9.17) is 21.4 Å². The van der Waals surface area contributed by atoms with Crippen molar-refractivity contribution in [1.82, 2.24) is 0 Å². The molecular formula is C19H14ClF3O3. The molecule has 1 atom stereocenters. The van der Waals surface area contributed by atoms with Crippen molar-refractivity contribution in [2.75, 3.05) is 0 Å². The van der Waals surface area contributed by atoms with Crippen LogP contribution in [0.1, 0.15) is 22.3 Å². The lowest BCUT2D eigenvalue weighted by Crippen LogP contribution is -2.40. The molecule has 2 aromatic rings. The van der Waals surface area contributed by atoms with E-state index in [1.807, 2.05) is 31.2 Å². The van der Waals surface area contributed by atoms with E-state index in [1.165, 1.54) is 12.1 Å². The fourth-order valence-corrected chi connectivity index (χ4v) is 2.98. The van der Waals surface area contributed by atoms with Crippen molar-refractivity contribution in [3.05, 3.63) is 69.2 Å². The number of alkyl halides is 3. The van der Waals surface area contributed by atoms with Crippen molar-refractivity contribution < 1.29 is 27.8 Å². The molecule has 1 aliphatic rings. The van der Waals surface area contributed by atoms with E-state index in [2.05, 4.69) is 0 Å². The Kier molecular flexibility index (Phi) is 4.71. The first kappa shape index (κ1) is 18.3. The second-order valence-corrected chi connectivity index (χ2v) is 6.50. The summed E-state index contributed by atoms with van der Waals surface area (Å²) in [6.07, 6.45) is -5.97. The van der Waals surface area contributed by atoms with Crippen LogP contribution in [0.25, 0.3) is 6.08 Å². The van der Waals surface area contributed by atoms with Crippen molar-refractivity contribution in [1.29, 1.82) is 0 Å². The summed E-state index contributed by atoms with van der Waals surface area (Å²) in [4.78, 5) is 11.2. The molecule has 0 saturated heterocycles. The van der Waals surface area contributed by atoms with Crippen LogP contribution < -0.4 is 4.74 Å². The standard InChI is InChI=1S/C19H14ClF3O3/c1-10-2-4-11(5-3-10)6-12-9-16-13(8-15(12)20)7-14(18(24)25)17(26-16)19(21,22)23/h2-5,7-9,17H,6H2,1H3,(H,24,25). The van der Waals surface area contributed by atoms with Crippen molar-refractivity contribution in [3.63, 3.8) is 0 Å². The maximum Gasteiger partial charge on any atom is 0.430 e. The van der Waals surface area contributed by atoms with E-state index in [9.17, 15) is 18.0 Å². The minimum atomic E-state index is -4.83. The molecule has 3 nitrogen and oxygen atoms in total. The van der Waals surface area contributed by atoms with Crippen molar-refractivity contribution in [3.8, 4) is 5.75 Å². The molecule has 0 aromatic heterocycles. The summed E-state index contributed by atoms with van der Waals surface area (Å²) < 4.78 is 44.5. The summed E-state index contributed by atoms with van der Waals surface area (Å²) in [6.45, 7) is 1.95. The molecule has 2 aromatic carbocycles. The number of fused-ring (bicyclic) bond motifs is 1. The lowest BCUT2D eigenvalue weighted by atomic mass is 9.97. The molecule has 1 unspecified atom stereocenters. The molecule has 0 fully saturated rings. The number of carboxylic acids is 1. The third-order valence-corrected chi connectivity index (χ3v) is 4.43. The first-order valence-electron chi connectivity index (χ1n) is 7.71. The molecule has 0 radical (unpaired) electrons. The number of carboxylic acid groups (broad SMARTS) is 1. The Morgan fingerprint density at radius 3 is 2.46 bits per heavy atom. The van der Waals surface area contributed by atoms with Gasteiger partial charge >= 0.3 is 12.1 Å². The first-order valence-corrected chi connectivity index (χ1v) is 8.09. The Morgan fingerprint density at radius 2 is 1.88 bits per heavy atom. The lowest BCUT2D eigenvalue weighted by Gasteiger charge is -2.27. The van der Waals surface area contributed by atoms with Gasteiger partial charge in [-0.25, -0.2) is 4.79 Å². The highest BCUT2D eigenvalue weighted by Crippen LogP contribution is 2.39. The Bertz CT molecular complexity index is 886.